The molecule has 0 spiro atoms. The normalized spacial score (nSPS) is 11.2. The summed E-state index contributed by atoms with van der Waals surface area (Å²) in [4.78, 5) is 11.1. The van der Waals surface area contributed by atoms with E-state index in [1.165, 1.54) is 0 Å². The molecule has 0 aliphatic heterocycles. The van der Waals surface area contributed by atoms with Crippen LogP contribution in [0.2, 0.25) is 0 Å². The van der Waals surface area contributed by atoms with Gasteiger partial charge in [-0.25, -0.2) is 4.79 Å². The molecular formula is C15H11F3O3. The molecule has 6 heteroatoms. The van der Waals surface area contributed by atoms with E-state index >= 15 is 0 Å². The zero-order chi connectivity index (χ0) is 15.5. The first kappa shape index (κ1) is 14.9. The second kappa shape index (κ2) is 5.87. The first-order chi connectivity index (χ1) is 9.88. The molecule has 0 saturated carbocycles. The molecule has 2 rings (SSSR count). The maximum atomic E-state index is 12.6. The van der Waals surface area contributed by atoms with E-state index in [1.54, 1.807) is 24.3 Å². The lowest BCUT2D eigenvalue weighted by molar-refractivity contribution is -0.137. The molecular weight excluding hydrogens is 285 g/mol. The summed E-state index contributed by atoms with van der Waals surface area (Å²) in [6.07, 6.45) is -4.60. The number of ether oxygens (including phenoxy) is 1. The average molecular weight is 296 g/mol. The van der Waals surface area contributed by atoms with E-state index in [2.05, 4.69) is 0 Å². The van der Waals surface area contributed by atoms with Crippen molar-refractivity contribution in [2.45, 2.75) is 12.8 Å². The molecule has 0 aliphatic rings. The van der Waals surface area contributed by atoms with Gasteiger partial charge in [-0.1, -0.05) is 30.3 Å². The predicted octanol–water partition coefficient (Wildman–Crippen LogP) is 3.98. The third-order valence-corrected chi connectivity index (χ3v) is 2.77. The highest BCUT2D eigenvalue weighted by molar-refractivity contribution is 5.91. The lowest BCUT2D eigenvalue weighted by Crippen LogP contribution is -2.09. The first-order valence-corrected chi connectivity index (χ1v) is 5.99. The molecule has 0 aliphatic carbocycles. The predicted molar refractivity (Wildman–Crippen MR) is 69.2 cm³/mol. The summed E-state index contributed by atoms with van der Waals surface area (Å²) in [5.74, 6) is -1.57. The van der Waals surface area contributed by atoms with Gasteiger partial charge in [0.15, 0.2) is 0 Å². The van der Waals surface area contributed by atoms with Crippen LogP contribution >= 0.6 is 0 Å². The van der Waals surface area contributed by atoms with Crippen molar-refractivity contribution in [2.24, 2.45) is 0 Å². The highest BCUT2D eigenvalue weighted by Crippen LogP contribution is 2.32. The van der Waals surface area contributed by atoms with Crippen LogP contribution in [0.25, 0.3) is 0 Å². The Morgan fingerprint density at radius 2 is 1.76 bits per heavy atom. The Labute approximate surface area is 118 Å². The molecule has 110 valence electrons. The van der Waals surface area contributed by atoms with E-state index in [0.29, 0.717) is 6.07 Å². The van der Waals surface area contributed by atoms with Crippen LogP contribution < -0.4 is 4.74 Å². The van der Waals surface area contributed by atoms with Crippen molar-refractivity contribution >= 4 is 5.97 Å². The van der Waals surface area contributed by atoms with Gasteiger partial charge in [0.05, 0.1) is 5.56 Å². The summed E-state index contributed by atoms with van der Waals surface area (Å²) in [7, 11) is 0. The molecule has 0 atom stereocenters. The smallest absolute Gasteiger partial charge is 0.416 e. The van der Waals surface area contributed by atoms with E-state index < -0.39 is 23.3 Å². The number of carboxylic acids is 1. The summed E-state index contributed by atoms with van der Waals surface area (Å²) in [6.45, 7) is 0.0759. The maximum Gasteiger partial charge on any atom is 0.416 e. The lowest BCUT2D eigenvalue weighted by Gasteiger charge is -2.12. The van der Waals surface area contributed by atoms with Crippen LogP contribution in [0.15, 0.2) is 48.5 Å². The number of halogens is 3. The van der Waals surface area contributed by atoms with Gasteiger partial charge in [-0.2, -0.15) is 13.2 Å². The van der Waals surface area contributed by atoms with Crippen molar-refractivity contribution in [3.8, 4) is 5.75 Å². The van der Waals surface area contributed by atoms with Gasteiger partial charge in [-0.15, -0.1) is 0 Å². The fourth-order valence-corrected chi connectivity index (χ4v) is 1.73. The van der Waals surface area contributed by atoms with Crippen molar-refractivity contribution in [1.29, 1.82) is 0 Å². The number of rotatable bonds is 4. The van der Waals surface area contributed by atoms with E-state index in [0.717, 1.165) is 17.7 Å². The molecule has 0 fully saturated rings. The monoisotopic (exact) mass is 296 g/mol. The molecule has 0 amide bonds. The highest BCUT2D eigenvalue weighted by Gasteiger charge is 2.32. The number of hydrogen-bond donors (Lipinski definition) is 1. The third-order valence-electron chi connectivity index (χ3n) is 2.77. The van der Waals surface area contributed by atoms with Crippen molar-refractivity contribution < 1.29 is 27.8 Å². The van der Waals surface area contributed by atoms with Gasteiger partial charge in [0.25, 0.3) is 0 Å². The Bertz CT molecular complexity index is 636. The van der Waals surface area contributed by atoms with Crippen molar-refractivity contribution in [2.75, 3.05) is 0 Å². The molecule has 0 saturated heterocycles. The van der Waals surface area contributed by atoms with Crippen LogP contribution in [0, 0.1) is 0 Å². The van der Waals surface area contributed by atoms with Gasteiger partial charge >= 0.3 is 12.1 Å². The Morgan fingerprint density at radius 3 is 2.33 bits per heavy atom. The quantitative estimate of drug-likeness (QED) is 0.928. The molecule has 0 bridgehead atoms. The summed E-state index contributed by atoms with van der Waals surface area (Å²) in [5, 5.41) is 9.01. The zero-order valence-corrected chi connectivity index (χ0v) is 10.7. The molecule has 0 aromatic heterocycles. The summed E-state index contributed by atoms with van der Waals surface area (Å²) in [5.41, 5.74) is -0.749. The Morgan fingerprint density at radius 1 is 1.10 bits per heavy atom. The van der Waals surface area contributed by atoms with Crippen LogP contribution in [0.1, 0.15) is 21.5 Å². The standard InChI is InChI=1S/C15H11F3O3/c16-15(17,18)11-6-7-13(12(8-11)14(19)20)21-9-10-4-2-1-3-5-10/h1-8H,9H2,(H,19,20). The van der Waals surface area contributed by atoms with E-state index in [-0.39, 0.29) is 12.4 Å². The minimum atomic E-state index is -4.60. The zero-order valence-electron chi connectivity index (χ0n) is 10.7. The molecule has 0 heterocycles. The number of carbonyl (C=O) groups is 1. The minimum absolute atomic E-state index is 0.0759. The van der Waals surface area contributed by atoms with E-state index in [1.807, 2.05) is 6.07 Å². The number of aromatic carboxylic acids is 1. The Hall–Kier alpha value is -2.50. The van der Waals surface area contributed by atoms with Crippen LogP contribution in [0.5, 0.6) is 5.75 Å². The second-order valence-corrected chi connectivity index (χ2v) is 4.29. The summed E-state index contributed by atoms with van der Waals surface area (Å²) >= 11 is 0. The first-order valence-electron chi connectivity index (χ1n) is 5.99. The number of carboxylic acid groups (broad SMARTS) is 1. The summed E-state index contributed by atoms with van der Waals surface area (Å²) in [6, 6.07) is 11.3. The maximum absolute atomic E-state index is 12.6. The fourth-order valence-electron chi connectivity index (χ4n) is 1.73. The van der Waals surface area contributed by atoms with Crippen molar-refractivity contribution in [1.82, 2.24) is 0 Å². The Balaban J connectivity index is 2.25. The third kappa shape index (κ3) is 3.75. The molecule has 3 nitrogen and oxygen atoms in total. The molecule has 2 aromatic carbocycles. The molecule has 1 N–H and O–H groups in total. The molecule has 21 heavy (non-hydrogen) atoms. The van der Waals surface area contributed by atoms with Crippen LogP contribution in [0.4, 0.5) is 13.2 Å². The van der Waals surface area contributed by atoms with Gasteiger partial charge < -0.3 is 9.84 Å². The lowest BCUT2D eigenvalue weighted by atomic mass is 10.1. The second-order valence-electron chi connectivity index (χ2n) is 4.29. The van der Waals surface area contributed by atoms with Gasteiger partial charge in [0.2, 0.25) is 0 Å². The molecule has 0 radical (unpaired) electrons. The number of alkyl halides is 3. The van der Waals surface area contributed by atoms with Crippen LogP contribution in [-0.2, 0) is 12.8 Å². The van der Waals surface area contributed by atoms with Gasteiger partial charge in [0.1, 0.15) is 17.9 Å². The van der Waals surface area contributed by atoms with Crippen molar-refractivity contribution in [3.05, 3.63) is 65.2 Å². The van der Waals surface area contributed by atoms with E-state index in [4.69, 9.17) is 9.84 Å². The highest BCUT2D eigenvalue weighted by atomic mass is 19.4. The van der Waals surface area contributed by atoms with Crippen LogP contribution in [-0.4, -0.2) is 11.1 Å². The van der Waals surface area contributed by atoms with Gasteiger partial charge in [-0.3, -0.25) is 0 Å². The largest absolute Gasteiger partial charge is 0.488 e. The van der Waals surface area contributed by atoms with E-state index in [9.17, 15) is 18.0 Å². The Kier molecular flexibility index (Phi) is 4.16. The van der Waals surface area contributed by atoms with Gasteiger partial charge in [-0.05, 0) is 23.8 Å². The number of benzene rings is 2. The average Bonchev–Trinajstić information content (AvgIpc) is 2.45. The fraction of sp³-hybridized carbons (Fsp3) is 0.133. The molecule has 0 unspecified atom stereocenters. The SMILES string of the molecule is O=C(O)c1cc(C(F)(F)F)ccc1OCc1ccccc1. The summed E-state index contributed by atoms with van der Waals surface area (Å²) < 4.78 is 43.0. The minimum Gasteiger partial charge on any atom is -0.488 e. The van der Waals surface area contributed by atoms with Crippen molar-refractivity contribution in [3.63, 3.8) is 0 Å². The van der Waals surface area contributed by atoms with Crippen LogP contribution in [0.3, 0.4) is 0 Å². The molecule has 2 aromatic rings. The topological polar surface area (TPSA) is 46.5 Å². The number of hydrogen-bond acceptors (Lipinski definition) is 2. The van der Waals surface area contributed by atoms with Gasteiger partial charge in [0, 0.05) is 0 Å².